The predicted molar refractivity (Wildman–Crippen MR) is 113 cm³/mol. The average Bonchev–Trinajstić information content (AvgIpc) is 3.24. The summed E-state index contributed by atoms with van der Waals surface area (Å²) in [5.74, 6) is 1.39. The zero-order chi connectivity index (χ0) is 19.9. The molecule has 1 aliphatic rings. The van der Waals surface area contributed by atoms with Crippen molar-refractivity contribution in [2.45, 2.75) is 25.4 Å². The number of aromatic nitrogens is 2. The van der Waals surface area contributed by atoms with Gasteiger partial charge < -0.3 is 19.9 Å². The fourth-order valence-electron chi connectivity index (χ4n) is 3.48. The van der Waals surface area contributed by atoms with E-state index in [1.165, 1.54) is 0 Å². The minimum absolute atomic E-state index is 0.0117. The fourth-order valence-corrected chi connectivity index (χ4v) is 3.48. The molecule has 2 aromatic carbocycles. The van der Waals surface area contributed by atoms with Gasteiger partial charge in [-0.2, -0.15) is 0 Å². The number of para-hydroxylation sites is 1. The molecule has 1 heterocycles. The number of hydrogen-bond acceptors (Lipinski definition) is 4. The van der Waals surface area contributed by atoms with E-state index in [0.29, 0.717) is 18.1 Å². The molecular weight excluding hydrogens is 364 g/mol. The summed E-state index contributed by atoms with van der Waals surface area (Å²) >= 11 is 0. The molecule has 0 radical (unpaired) electrons. The lowest BCUT2D eigenvalue weighted by Crippen LogP contribution is -2.45. The van der Waals surface area contributed by atoms with Gasteiger partial charge in [0.1, 0.15) is 5.75 Å². The lowest BCUT2D eigenvalue weighted by atomic mass is 9.80. The van der Waals surface area contributed by atoms with Gasteiger partial charge in [-0.1, -0.05) is 18.2 Å². The highest BCUT2D eigenvalue weighted by molar-refractivity contribution is 5.94. The number of ether oxygens (including phenoxy) is 1. The molecule has 2 N–H and O–H groups in total. The molecule has 4 rings (SSSR count). The van der Waals surface area contributed by atoms with Crippen molar-refractivity contribution in [3.05, 3.63) is 78.9 Å². The summed E-state index contributed by atoms with van der Waals surface area (Å²) < 4.78 is 7.81. The van der Waals surface area contributed by atoms with Crippen LogP contribution in [0.3, 0.4) is 0 Å². The largest absolute Gasteiger partial charge is 0.493 e. The number of hydrogen-bond donors (Lipinski definition) is 2. The quantitative estimate of drug-likeness (QED) is 0.586. The molecule has 1 aromatic heterocycles. The van der Waals surface area contributed by atoms with Crippen LogP contribution >= 0.6 is 0 Å². The summed E-state index contributed by atoms with van der Waals surface area (Å²) in [6.07, 6.45) is 7.44. The van der Waals surface area contributed by atoms with Gasteiger partial charge in [-0.15, -0.1) is 0 Å². The summed E-state index contributed by atoms with van der Waals surface area (Å²) in [5.41, 5.74) is 1.69. The van der Waals surface area contributed by atoms with E-state index in [1.54, 1.807) is 12.5 Å². The van der Waals surface area contributed by atoms with Crippen LogP contribution in [0.4, 0.5) is 5.69 Å². The molecule has 0 spiro atoms. The van der Waals surface area contributed by atoms with Crippen LogP contribution in [0, 0.1) is 5.92 Å². The van der Waals surface area contributed by atoms with Crippen LogP contribution < -0.4 is 15.4 Å². The van der Waals surface area contributed by atoms with Gasteiger partial charge in [-0.25, -0.2) is 4.98 Å². The third-order valence-corrected chi connectivity index (χ3v) is 5.21. The molecule has 150 valence electrons. The van der Waals surface area contributed by atoms with Gasteiger partial charge in [0.15, 0.2) is 0 Å². The maximum Gasteiger partial charge on any atom is 0.251 e. The molecule has 1 fully saturated rings. The number of carbonyl (C=O) groups is 1. The van der Waals surface area contributed by atoms with Crippen molar-refractivity contribution in [2.75, 3.05) is 18.5 Å². The van der Waals surface area contributed by atoms with Crippen LogP contribution in [-0.2, 0) is 6.54 Å². The van der Waals surface area contributed by atoms with E-state index in [9.17, 15) is 4.79 Å². The molecule has 6 heteroatoms. The highest BCUT2D eigenvalue weighted by atomic mass is 16.5. The Balaban J connectivity index is 1.15. The molecule has 3 aromatic rings. The summed E-state index contributed by atoms with van der Waals surface area (Å²) in [6, 6.07) is 17.7. The van der Waals surface area contributed by atoms with Crippen molar-refractivity contribution in [2.24, 2.45) is 5.92 Å². The minimum atomic E-state index is -0.0117. The number of rotatable bonds is 9. The maximum atomic E-state index is 12.4. The predicted octanol–water partition coefficient (Wildman–Crippen LogP) is 3.58. The molecule has 6 nitrogen and oxygen atoms in total. The van der Waals surface area contributed by atoms with E-state index < -0.39 is 0 Å². The monoisotopic (exact) mass is 390 g/mol. The van der Waals surface area contributed by atoms with Crippen molar-refractivity contribution in [1.29, 1.82) is 0 Å². The zero-order valence-electron chi connectivity index (χ0n) is 16.3. The second-order valence-corrected chi connectivity index (χ2v) is 7.44. The van der Waals surface area contributed by atoms with Crippen LogP contribution in [0.1, 0.15) is 23.2 Å². The number of nitrogens with one attached hydrogen (secondary N) is 2. The minimum Gasteiger partial charge on any atom is -0.493 e. The molecular formula is C23H26N4O2. The van der Waals surface area contributed by atoms with Gasteiger partial charge in [0.25, 0.3) is 5.91 Å². The summed E-state index contributed by atoms with van der Waals surface area (Å²) in [7, 11) is 0. The Bertz CT molecular complexity index is 888. The van der Waals surface area contributed by atoms with Crippen molar-refractivity contribution in [3.63, 3.8) is 0 Å². The lowest BCUT2D eigenvalue weighted by molar-refractivity contribution is 0.0850. The van der Waals surface area contributed by atoms with E-state index in [-0.39, 0.29) is 11.9 Å². The summed E-state index contributed by atoms with van der Waals surface area (Å²) in [4.78, 5) is 16.5. The molecule has 29 heavy (non-hydrogen) atoms. The van der Waals surface area contributed by atoms with Crippen LogP contribution in [0.25, 0.3) is 0 Å². The molecule has 1 saturated carbocycles. The standard InChI is InChI=1S/C23H26N4O2/c28-23(26-21-14-18(15-21)16-29-22-4-2-1-3-5-22)19-6-8-20(9-7-19)25-11-13-27-12-10-24-17-27/h1-10,12,17-18,21,25H,11,13-16H2,(H,26,28). The van der Waals surface area contributed by atoms with Crippen LogP contribution in [0.15, 0.2) is 73.3 Å². The molecule has 1 aliphatic carbocycles. The van der Waals surface area contributed by atoms with Crippen LogP contribution in [0.5, 0.6) is 5.75 Å². The summed E-state index contributed by atoms with van der Waals surface area (Å²) in [5, 5.41) is 6.47. The van der Waals surface area contributed by atoms with E-state index in [4.69, 9.17) is 4.74 Å². The number of anilines is 1. The second kappa shape index (κ2) is 9.28. The number of nitrogens with zero attached hydrogens (tertiary/aromatic N) is 2. The molecule has 0 saturated heterocycles. The molecule has 0 unspecified atom stereocenters. The SMILES string of the molecule is O=C(NC1CC(COc2ccccc2)C1)c1ccc(NCCn2ccnc2)cc1. The zero-order valence-corrected chi connectivity index (χ0v) is 16.3. The molecule has 0 atom stereocenters. The van der Waals surface area contributed by atoms with Crippen molar-refractivity contribution in [1.82, 2.24) is 14.9 Å². The Morgan fingerprint density at radius 1 is 1.10 bits per heavy atom. The Labute approximate surface area is 170 Å². The third kappa shape index (κ3) is 5.38. The smallest absolute Gasteiger partial charge is 0.251 e. The van der Waals surface area contributed by atoms with Gasteiger partial charge in [0.2, 0.25) is 0 Å². The Kier molecular flexibility index (Phi) is 6.10. The average molecular weight is 390 g/mol. The number of carbonyl (C=O) groups excluding carboxylic acids is 1. The summed E-state index contributed by atoms with van der Waals surface area (Å²) in [6.45, 7) is 2.35. The van der Waals surface area contributed by atoms with Gasteiger partial charge in [0.05, 0.1) is 12.9 Å². The van der Waals surface area contributed by atoms with Gasteiger partial charge >= 0.3 is 0 Å². The normalized spacial score (nSPS) is 17.9. The van der Waals surface area contributed by atoms with Crippen molar-refractivity contribution >= 4 is 11.6 Å². The third-order valence-electron chi connectivity index (χ3n) is 5.21. The van der Waals surface area contributed by atoms with Crippen molar-refractivity contribution in [3.8, 4) is 5.75 Å². The lowest BCUT2D eigenvalue weighted by Gasteiger charge is -2.35. The van der Waals surface area contributed by atoms with Gasteiger partial charge in [0, 0.05) is 42.8 Å². The first-order valence-corrected chi connectivity index (χ1v) is 10.0. The Hall–Kier alpha value is -3.28. The van der Waals surface area contributed by atoms with E-state index in [2.05, 4.69) is 15.6 Å². The highest BCUT2D eigenvalue weighted by Crippen LogP contribution is 2.28. The topological polar surface area (TPSA) is 68.2 Å². The Morgan fingerprint density at radius 3 is 2.62 bits per heavy atom. The van der Waals surface area contributed by atoms with Gasteiger partial charge in [-0.05, 0) is 55.2 Å². The number of amides is 1. The van der Waals surface area contributed by atoms with Crippen molar-refractivity contribution < 1.29 is 9.53 Å². The maximum absolute atomic E-state index is 12.4. The Morgan fingerprint density at radius 2 is 1.90 bits per heavy atom. The second-order valence-electron chi connectivity index (χ2n) is 7.44. The first-order valence-electron chi connectivity index (χ1n) is 10.0. The van der Waals surface area contributed by atoms with E-state index >= 15 is 0 Å². The molecule has 1 amide bonds. The fraction of sp³-hybridized carbons (Fsp3) is 0.304. The highest BCUT2D eigenvalue weighted by Gasteiger charge is 2.30. The number of imidazole rings is 1. The van der Waals surface area contributed by atoms with Gasteiger partial charge in [-0.3, -0.25) is 4.79 Å². The van der Waals surface area contributed by atoms with Crippen LogP contribution in [0.2, 0.25) is 0 Å². The van der Waals surface area contributed by atoms with E-state index in [0.717, 1.165) is 37.4 Å². The first-order chi connectivity index (χ1) is 14.3. The molecule has 0 aliphatic heterocycles. The van der Waals surface area contributed by atoms with E-state index in [1.807, 2.05) is 65.4 Å². The first kappa shape index (κ1) is 19.1. The number of benzene rings is 2. The van der Waals surface area contributed by atoms with Crippen LogP contribution in [-0.4, -0.2) is 34.7 Å². The molecule has 0 bridgehead atoms.